The zero-order valence-electron chi connectivity index (χ0n) is 15.2. The molecule has 0 spiro atoms. The van der Waals surface area contributed by atoms with Gasteiger partial charge in [-0.25, -0.2) is 0 Å². The molecule has 1 aromatic heterocycles. The Morgan fingerprint density at radius 1 is 1.12 bits per heavy atom. The second-order valence-corrected chi connectivity index (χ2v) is 6.36. The van der Waals surface area contributed by atoms with E-state index in [1.807, 2.05) is 73.1 Å². The van der Waals surface area contributed by atoms with E-state index in [4.69, 9.17) is 4.74 Å². The lowest BCUT2D eigenvalue weighted by atomic mass is 10.0. The van der Waals surface area contributed by atoms with Crippen molar-refractivity contribution in [1.82, 2.24) is 9.88 Å². The van der Waals surface area contributed by atoms with Crippen LogP contribution >= 0.6 is 0 Å². The van der Waals surface area contributed by atoms with Gasteiger partial charge in [0.15, 0.2) is 0 Å². The van der Waals surface area contributed by atoms with Crippen LogP contribution in [-0.4, -0.2) is 23.6 Å². The molecule has 1 amide bonds. The van der Waals surface area contributed by atoms with Crippen molar-refractivity contribution in [2.75, 3.05) is 7.11 Å². The Hall–Kier alpha value is -3.08. The molecule has 26 heavy (non-hydrogen) atoms. The summed E-state index contributed by atoms with van der Waals surface area (Å²) >= 11 is 0. The van der Waals surface area contributed by atoms with Gasteiger partial charge in [0, 0.05) is 18.0 Å². The van der Waals surface area contributed by atoms with Crippen LogP contribution < -0.4 is 5.32 Å². The third-order valence-corrected chi connectivity index (χ3v) is 4.57. The number of carbonyl (C=O) groups is 2. The Morgan fingerprint density at radius 2 is 1.81 bits per heavy atom. The molecule has 2 aromatic carbocycles. The molecule has 0 aliphatic carbocycles. The second kappa shape index (κ2) is 7.44. The van der Waals surface area contributed by atoms with Crippen LogP contribution in [0.15, 0.2) is 54.6 Å². The van der Waals surface area contributed by atoms with Crippen molar-refractivity contribution < 1.29 is 14.3 Å². The number of hydrogen-bond acceptors (Lipinski definition) is 3. The molecule has 0 saturated heterocycles. The molecule has 3 aromatic rings. The van der Waals surface area contributed by atoms with Gasteiger partial charge in [0.1, 0.15) is 5.69 Å². The molecule has 134 valence electrons. The van der Waals surface area contributed by atoms with Crippen LogP contribution in [0.5, 0.6) is 0 Å². The number of amides is 1. The van der Waals surface area contributed by atoms with Crippen LogP contribution in [0.3, 0.4) is 0 Å². The molecule has 0 saturated carbocycles. The number of methoxy groups -OCH3 is 1. The van der Waals surface area contributed by atoms with Crippen molar-refractivity contribution in [2.45, 2.75) is 19.4 Å². The average molecular weight is 350 g/mol. The van der Waals surface area contributed by atoms with E-state index in [1.54, 1.807) is 0 Å². The Kier molecular flexibility index (Phi) is 5.07. The maximum Gasteiger partial charge on any atom is 0.307 e. The third kappa shape index (κ3) is 3.61. The van der Waals surface area contributed by atoms with Crippen LogP contribution in [0, 0.1) is 6.92 Å². The van der Waals surface area contributed by atoms with Crippen molar-refractivity contribution in [3.05, 3.63) is 71.4 Å². The first-order valence-corrected chi connectivity index (χ1v) is 8.48. The molecule has 1 heterocycles. The highest BCUT2D eigenvalue weighted by molar-refractivity contribution is 5.99. The fourth-order valence-electron chi connectivity index (χ4n) is 3.04. The minimum Gasteiger partial charge on any atom is -0.469 e. The summed E-state index contributed by atoms with van der Waals surface area (Å²) in [7, 11) is 3.21. The highest BCUT2D eigenvalue weighted by Crippen LogP contribution is 2.22. The van der Waals surface area contributed by atoms with Crippen LogP contribution in [0.25, 0.3) is 10.9 Å². The lowest BCUT2D eigenvalue weighted by molar-refractivity contribution is -0.141. The monoisotopic (exact) mass is 350 g/mol. The number of para-hydroxylation sites is 1. The predicted octanol–water partition coefficient (Wildman–Crippen LogP) is 3.52. The SMILES string of the molecule is COC(=O)CC(NC(=O)c1cc2ccccc2n1C)c1ccc(C)cc1. The van der Waals surface area contributed by atoms with Crippen LogP contribution in [0.2, 0.25) is 0 Å². The van der Waals surface area contributed by atoms with Crippen molar-refractivity contribution in [3.63, 3.8) is 0 Å². The predicted molar refractivity (Wildman–Crippen MR) is 101 cm³/mol. The van der Waals surface area contributed by atoms with E-state index in [0.29, 0.717) is 5.69 Å². The molecule has 5 heteroatoms. The summed E-state index contributed by atoms with van der Waals surface area (Å²) in [5.74, 6) is -0.592. The molecule has 1 atom stereocenters. The fourth-order valence-corrected chi connectivity index (χ4v) is 3.04. The number of fused-ring (bicyclic) bond motifs is 1. The van der Waals surface area contributed by atoms with Gasteiger partial charge in [-0.1, -0.05) is 48.0 Å². The van der Waals surface area contributed by atoms with Crippen molar-refractivity contribution in [3.8, 4) is 0 Å². The smallest absolute Gasteiger partial charge is 0.307 e. The Balaban J connectivity index is 1.89. The number of nitrogens with one attached hydrogen (secondary N) is 1. The van der Waals surface area contributed by atoms with Crippen LogP contribution in [-0.2, 0) is 16.6 Å². The van der Waals surface area contributed by atoms with Gasteiger partial charge in [-0.2, -0.15) is 0 Å². The molecule has 0 aliphatic rings. The van der Waals surface area contributed by atoms with E-state index in [1.165, 1.54) is 7.11 Å². The number of benzene rings is 2. The molecule has 5 nitrogen and oxygen atoms in total. The molecule has 0 bridgehead atoms. The van der Waals surface area contributed by atoms with Crippen molar-refractivity contribution >= 4 is 22.8 Å². The second-order valence-electron chi connectivity index (χ2n) is 6.36. The number of hydrogen-bond donors (Lipinski definition) is 1. The Bertz CT molecular complexity index is 942. The maximum absolute atomic E-state index is 12.9. The standard InChI is InChI=1S/C21H22N2O3/c1-14-8-10-15(11-9-14)17(13-20(24)26-3)22-21(25)19-12-16-6-4-5-7-18(16)23(19)2/h4-12,17H,13H2,1-3H3,(H,22,25). The zero-order valence-corrected chi connectivity index (χ0v) is 15.2. The number of esters is 1. The Morgan fingerprint density at radius 3 is 2.46 bits per heavy atom. The Labute approximate surface area is 152 Å². The summed E-state index contributed by atoms with van der Waals surface area (Å²) in [4.78, 5) is 24.7. The van der Waals surface area contributed by atoms with E-state index >= 15 is 0 Å². The maximum atomic E-state index is 12.9. The normalized spacial score (nSPS) is 12.0. The van der Waals surface area contributed by atoms with Crippen molar-refractivity contribution in [1.29, 1.82) is 0 Å². The molecule has 0 aliphatic heterocycles. The third-order valence-electron chi connectivity index (χ3n) is 4.57. The summed E-state index contributed by atoms with van der Waals surface area (Å²) in [6.07, 6.45) is 0.0786. The average Bonchev–Trinajstić information content (AvgIpc) is 2.99. The summed E-state index contributed by atoms with van der Waals surface area (Å²) in [5, 5.41) is 3.98. The number of rotatable bonds is 5. The van der Waals surface area contributed by atoms with Gasteiger partial charge in [-0.15, -0.1) is 0 Å². The lowest BCUT2D eigenvalue weighted by Gasteiger charge is -2.18. The van der Waals surface area contributed by atoms with Crippen molar-refractivity contribution in [2.24, 2.45) is 7.05 Å². The first-order valence-electron chi connectivity index (χ1n) is 8.48. The van der Waals surface area contributed by atoms with E-state index in [2.05, 4.69) is 5.32 Å². The fraction of sp³-hybridized carbons (Fsp3) is 0.238. The van der Waals surface area contributed by atoms with E-state index in [0.717, 1.165) is 22.0 Å². The molecule has 1 N–H and O–H groups in total. The molecular formula is C21H22N2O3. The summed E-state index contributed by atoms with van der Waals surface area (Å²) in [6, 6.07) is 17.0. The van der Waals surface area contributed by atoms with Crippen LogP contribution in [0.4, 0.5) is 0 Å². The topological polar surface area (TPSA) is 60.3 Å². The van der Waals surface area contributed by atoms with E-state index in [-0.39, 0.29) is 18.3 Å². The highest BCUT2D eigenvalue weighted by atomic mass is 16.5. The molecule has 3 rings (SSSR count). The zero-order chi connectivity index (χ0) is 18.7. The first-order chi connectivity index (χ1) is 12.5. The van der Waals surface area contributed by atoms with Gasteiger partial charge < -0.3 is 14.6 Å². The summed E-state index contributed by atoms with van der Waals surface area (Å²) in [6.45, 7) is 1.99. The van der Waals surface area contributed by atoms with Gasteiger partial charge in [0.25, 0.3) is 5.91 Å². The number of aryl methyl sites for hydroxylation is 2. The van der Waals surface area contributed by atoms with E-state index in [9.17, 15) is 9.59 Å². The first kappa shape index (κ1) is 17.7. The minimum atomic E-state index is -0.450. The van der Waals surface area contributed by atoms with Gasteiger partial charge in [-0.3, -0.25) is 9.59 Å². The highest BCUT2D eigenvalue weighted by Gasteiger charge is 2.21. The number of ether oxygens (including phenoxy) is 1. The number of aromatic nitrogens is 1. The van der Waals surface area contributed by atoms with Gasteiger partial charge >= 0.3 is 5.97 Å². The van der Waals surface area contributed by atoms with E-state index < -0.39 is 6.04 Å². The van der Waals surface area contributed by atoms with Crippen LogP contribution in [0.1, 0.15) is 34.1 Å². The van der Waals surface area contributed by atoms with Gasteiger partial charge in [0.05, 0.1) is 19.6 Å². The largest absolute Gasteiger partial charge is 0.469 e. The van der Waals surface area contributed by atoms with Gasteiger partial charge in [-0.05, 0) is 24.6 Å². The quantitative estimate of drug-likeness (QED) is 0.716. The summed E-state index contributed by atoms with van der Waals surface area (Å²) < 4.78 is 6.65. The number of nitrogens with zero attached hydrogens (tertiary/aromatic N) is 1. The lowest BCUT2D eigenvalue weighted by Crippen LogP contribution is -2.31. The molecular weight excluding hydrogens is 328 g/mol. The number of carbonyl (C=O) groups excluding carboxylic acids is 2. The summed E-state index contributed by atoms with van der Waals surface area (Å²) in [5.41, 5.74) is 3.52. The molecule has 0 fully saturated rings. The molecule has 1 unspecified atom stereocenters. The molecule has 0 radical (unpaired) electrons. The van der Waals surface area contributed by atoms with Gasteiger partial charge in [0.2, 0.25) is 0 Å². The minimum absolute atomic E-state index is 0.0786.